The first-order chi connectivity index (χ1) is 7.28. The largest absolute Gasteiger partial charge is 0.143 e. The minimum atomic E-state index is 0.402. The fourth-order valence-electron chi connectivity index (χ4n) is 2.63. The summed E-state index contributed by atoms with van der Waals surface area (Å²) >= 11 is 5.45. The molecule has 0 amide bonds. The summed E-state index contributed by atoms with van der Waals surface area (Å²) in [6.45, 7) is 2.17. The minimum absolute atomic E-state index is 0.402. The first kappa shape index (κ1) is 10.2. The van der Waals surface area contributed by atoms with Gasteiger partial charge in [-0.3, -0.25) is 0 Å². The first-order valence-electron chi connectivity index (χ1n) is 5.75. The molecule has 0 aliphatic heterocycles. The number of rotatable bonds is 3. The van der Waals surface area contributed by atoms with E-state index >= 15 is 0 Å². The Labute approximate surface area is 103 Å². The van der Waals surface area contributed by atoms with E-state index in [1.54, 1.807) is 0 Å². The van der Waals surface area contributed by atoms with Gasteiger partial charge < -0.3 is 0 Å². The van der Waals surface area contributed by atoms with Gasteiger partial charge in [-0.25, -0.2) is 0 Å². The quantitative estimate of drug-likeness (QED) is 0.788. The maximum Gasteiger partial charge on any atom is 0.131 e. The summed E-state index contributed by atoms with van der Waals surface area (Å²) < 4.78 is 0. The van der Waals surface area contributed by atoms with Crippen LogP contribution in [0.2, 0.25) is 0 Å². The van der Waals surface area contributed by atoms with Crippen LogP contribution >= 0.6 is 27.3 Å². The molecular weight excluding hydrogens is 272 g/mol. The second-order valence-electron chi connectivity index (χ2n) is 4.78. The van der Waals surface area contributed by atoms with E-state index in [9.17, 15) is 0 Å². The van der Waals surface area contributed by atoms with Crippen molar-refractivity contribution >= 4 is 27.3 Å². The molecule has 0 spiro atoms. The molecule has 1 aromatic heterocycles. The molecule has 15 heavy (non-hydrogen) atoms. The molecule has 2 saturated carbocycles. The topological polar surface area (TPSA) is 25.8 Å². The van der Waals surface area contributed by atoms with Gasteiger partial charge in [-0.15, -0.1) is 21.5 Å². The van der Waals surface area contributed by atoms with Gasteiger partial charge in [0.15, 0.2) is 0 Å². The van der Waals surface area contributed by atoms with Crippen LogP contribution in [0.3, 0.4) is 0 Å². The molecule has 2 aliphatic carbocycles. The molecular formula is C11H15BrN2S. The van der Waals surface area contributed by atoms with Gasteiger partial charge in [0.2, 0.25) is 0 Å². The standard InChI is InChI=1S/C11H15BrN2S/c1-2-9(12)11-14-13-10(15-11)8-4-6-3-7(6)5-8/h6-9H,2-5H2,1H3. The van der Waals surface area contributed by atoms with Crippen LogP contribution < -0.4 is 0 Å². The summed E-state index contributed by atoms with van der Waals surface area (Å²) in [5.74, 6) is 2.80. The predicted molar refractivity (Wildman–Crippen MR) is 65.4 cm³/mol. The molecule has 0 aromatic carbocycles. The van der Waals surface area contributed by atoms with Crippen molar-refractivity contribution in [3.63, 3.8) is 0 Å². The monoisotopic (exact) mass is 286 g/mol. The summed E-state index contributed by atoms with van der Waals surface area (Å²) in [7, 11) is 0. The second-order valence-corrected chi connectivity index (χ2v) is 6.92. The van der Waals surface area contributed by atoms with E-state index in [0.29, 0.717) is 4.83 Å². The molecule has 0 N–H and O–H groups in total. The Kier molecular flexibility index (Phi) is 2.59. The van der Waals surface area contributed by atoms with Crippen LogP contribution in [0, 0.1) is 11.8 Å². The predicted octanol–water partition coefficient (Wildman–Crippen LogP) is 3.90. The molecule has 0 bridgehead atoms. The summed E-state index contributed by atoms with van der Waals surface area (Å²) in [4.78, 5) is 0.402. The van der Waals surface area contributed by atoms with Crippen LogP contribution in [-0.2, 0) is 0 Å². The Morgan fingerprint density at radius 2 is 2.07 bits per heavy atom. The highest BCUT2D eigenvalue weighted by Gasteiger charge is 2.47. The van der Waals surface area contributed by atoms with Crippen LogP contribution in [0.5, 0.6) is 0 Å². The van der Waals surface area contributed by atoms with E-state index in [0.717, 1.165) is 29.2 Å². The number of alkyl halides is 1. The molecule has 2 nitrogen and oxygen atoms in total. The number of nitrogens with zero attached hydrogens (tertiary/aromatic N) is 2. The highest BCUT2D eigenvalue weighted by Crippen LogP contribution is 2.57. The van der Waals surface area contributed by atoms with E-state index in [1.165, 1.54) is 24.3 Å². The third-order valence-electron chi connectivity index (χ3n) is 3.68. The molecule has 1 heterocycles. The van der Waals surface area contributed by atoms with E-state index in [-0.39, 0.29) is 0 Å². The average molecular weight is 287 g/mol. The number of halogens is 1. The summed E-state index contributed by atoms with van der Waals surface area (Å²) in [6, 6.07) is 0. The molecule has 82 valence electrons. The molecule has 3 atom stereocenters. The Bertz CT molecular complexity index is 355. The summed E-state index contributed by atoms with van der Waals surface area (Å²) in [5.41, 5.74) is 0. The van der Waals surface area contributed by atoms with Gasteiger partial charge in [0.05, 0.1) is 4.83 Å². The van der Waals surface area contributed by atoms with Gasteiger partial charge in [-0.05, 0) is 37.5 Å². The summed E-state index contributed by atoms with van der Waals surface area (Å²) in [5, 5.41) is 11.1. The summed E-state index contributed by atoms with van der Waals surface area (Å²) in [6.07, 6.45) is 5.32. The lowest BCUT2D eigenvalue weighted by Gasteiger charge is -2.05. The third-order valence-corrected chi connectivity index (χ3v) is 6.26. The molecule has 3 rings (SSSR count). The van der Waals surface area contributed by atoms with E-state index < -0.39 is 0 Å². The molecule has 0 saturated heterocycles. The highest BCUT2D eigenvalue weighted by atomic mass is 79.9. The van der Waals surface area contributed by atoms with Crippen LogP contribution in [0.15, 0.2) is 0 Å². The number of hydrogen-bond donors (Lipinski definition) is 0. The number of fused-ring (bicyclic) bond motifs is 1. The third kappa shape index (κ3) is 1.86. The Morgan fingerprint density at radius 1 is 1.33 bits per heavy atom. The SMILES string of the molecule is CCC(Br)c1nnc(C2CC3CC3C2)s1. The van der Waals surface area contributed by atoms with Crippen molar-refractivity contribution in [3.05, 3.63) is 10.0 Å². The van der Waals surface area contributed by atoms with E-state index in [2.05, 4.69) is 33.1 Å². The molecule has 4 heteroatoms. The molecule has 1 aromatic rings. The van der Waals surface area contributed by atoms with Gasteiger partial charge in [-0.1, -0.05) is 22.9 Å². The highest BCUT2D eigenvalue weighted by molar-refractivity contribution is 9.09. The normalized spacial score (nSPS) is 35.2. The fraction of sp³-hybridized carbons (Fsp3) is 0.818. The van der Waals surface area contributed by atoms with Crippen molar-refractivity contribution < 1.29 is 0 Å². The Morgan fingerprint density at radius 3 is 2.73 bits per heavy atom. The van der Waals surface area contributed by atoms with Gasteiger partial charge in [-0.2, -0.15) is 0 Å². The van der Waals surface area contributed by atoms with Gasteiger partial charge in [0.1, 0.15) is 10.0 Å². The lowest BCUT2D eigenvalue weighted by atomic mass is 10.1. The van der Waals surface area contributed by atoms with Crippen molar-refractivity contribution in [2.24, 2.45) is 11.8 Å². The van der Waals surface area contributed by atoms with Crippen molar-refractivity contribution in [2.45, 2.75) is 43.4 Å². The van der Waals surface area contributed by atoms with Crippen LogP contribution in [-0.4, -0.2) is 10.2 Å². The van der Waals surface area contributed by atoms with E-state index in [1.807, 2.05) is 11.3 Å². The van der Waals surface area contributed by atoms with Crippen LogP contribution in [0.1, 0.15) is 53.4 Å². The van der Waals surface area contributed by atoms with Crippen molar-refractivity contribution in [1.29, 1.82) is 0 Å². The maximum atomic E-state index is 4.36. The number of hydrogen-bond acceptors (Lipinski definition) is 3. The van der Waals surface area contributed by atoms with Gasteiger partial charge >= 0.3 is 0 Å². The fourth-order valence-corrected chi connectivity index (χ4v) is 4.03. The number of aromatic nitrogens is 2. The molecule has 2 aliphatic rings. The second kappa shape index (κ2) is 3.81. The van der Waals surface area contributed by atoms with Crippen molar-refractivity contribution in [3.8, 4) is 0 Å². The first-order valence-corrected chi connectivity index (χ1v) is 7.48. The zero-order chi connectivity index (χ0) is 10.4. The Balaban J connectivity index is 1.73. The lowest BCUT2D eigenvalue weighted by molar-refractivity contribution is 0.614. The minimum Gasteiger partial charge on any atom is -0.143 e. The van der Waals surface area contributed by atoms with Crippen LogP contribution in [0.25, 0.3) is 0 Å². The van der Waals surface area contributed by atoms with Crippen molar-refractivity contribution in [2.75, 3.05) is 0 Å². The average Bonchev–Trinajstić information content (AvgIpc) is 2.75. The lowest BCUT2D eigenvalue weighted by Crippen LogP contribution is -1.94. The van der Waals surface area contributed by atoms with Gasteiger partial charge in [0.25, 0.3) is 0 Å². The molecule has 3 unspecified atom stereocenters. The Hall–Kier alpha value is 0.0400. The van der Waals surface area contributed by atoms with Crippen molar-refractivity contribution in [1.82, 2.24) is 10.2 Å². The molecule has 2 fully saturated rings. The zero-order valence-corrected chi connectivity index (χ0v) is 11.2. The van der Waals surface area contributed by atoms with Crippen LogP contribution in [0.4, 0.5) is 0 Å². The maximum absolute atomic E-state index is 4.36. The van der Waals surface area contributed by atoms with Gasteiger partial charge in [0, 0.05) is 5.92 Å². The smallest absolute Gasteiger partial charge is 0.131 e. The molecule has 0 radical (unpaired) electrons. The van der Waals surface area contributed by atoms with E-state index in [4.69, 9.17) is 0 Å². The zero-order valence-electron chi connectivity index (χ0n) is 8.82.